The van der Waals surface area contributed by atoms with Gasteiger partial charge in [0, 0.05) is 17.5 Å². The largest absolute Gasteiger partial charge is 0.392 e. The second-order valence-corrected chi connectivity index (χ2v) is 3.85. The fourth-order valence-electron chi connectivity index (χ4n) is 1.67. The lowest BCUT2D eigenvalue weighted by molar-refractivity contribution is 0.280. The van der Waals surface area contributed by atoms with E-state index in [9.17, 15) is 5.11 Å². The lowest BCUT2D eigenvalue weighted by atomic mass is 10.2. The minimum atomic E-state index is -0.0272. The maximum Gasteiger partial charge on any atom is 0.159 e. The van der Waals surface area contributed by atoms with E-state index in [1.165, 1.54) is 0 Å². The number of hydrogen-bond acceptors (Lipinski definition) is 3. The van der Waals surface area contributed by atoms with Crippen molar-refractivity contribution >= 4 is 0 Å². The van der Waals surface area contributed by atoms with Crippen LogP contribution >= 0.6 is 0 Å². The molecule has 0 saturated carbocycles. The summed E-state index contributed by atoms with van der Waals surface area (Å²) in [6.45, 7) is 5.99. The standard InChI is InChI=1S/C12H15N3O/c1-8-9(2)14-15(10(8)3)12-11(7-16)5-4-6-13-12/h4-6,16H,7H2,1-3H3. The molecule has 0 unspecified atom stereocenters. The van der Waals surface area contributed by atoms with Crippen molar-refractivity contribution in [3.8, 4) is 5.82 Å². The summed E-state index contributed by atoms with van der Waals surface area (Å²) in [5.41, 5.74) is 4.00. The predicted molar refractivity (Wildman–Crippen MR) is 61.5 cm³/mol. The topological polar surface area (TPSA) is 50.9 Å². The molecule has 0 aliphatic heterocycles. The van der Waals surface area contributed by atoms with Gasteiger partial charge in [0.05, 0.1) is 12.3 Å². The van der Waals surface area contributed by atoms with Crippen molar-refractivity contribution in [2.75, 3.05) is 0 Å². The highest BCUT2D eigenvalue weighted by molar-refractivity contribution is 5.37. The van der Waals surface area contributed by atoms with Gasteiger partial charge in [0.25, 0.3) is 0 Å². The van der Waals surface area contributed by atoms with Crippen molar-refractivity contribution in [3.63, 3.8) is 0 Å². The molecule has 2 aromatic rings. The maximum absolute atomic E-state index is 9.27. The molecule has 84 valence electrons. The number of aliphatic hydroxyl groups is 1. The summed E-state index contributed by atoms with van der Waals surface area (Å²) in [5, 5.41) is 13.7. The zero-order chi connectivity index (χ0) is 11.7. The summed E-state index contributed by atoms with van der Waals surface area (Å²) < 4.78 is 1.79. The molecule has 4 heteroatoms. The Hall–Kier alpha value is -1.68. The van der Waals surface area contributed by atoms with E-state index in [4.69, 9.17) is 0 Å². The van der Waals surface area contributed by atoms with Crippen LogP contribution in [-0.4, -0.2) is 19.9 Å². The van der Waals surface area contributed by atoms with Crippen molar-refractivity contribution in [2.24, 2.45) is 0 Å². The van der Waals surface area contributed by atoms with Gasteiger partial charge in [-0.1, -0.05) is 6.07 Å². The average Bonchev–Trinajstić information content (AvgIpc) is 2.57. The quantitative estimate of drug-likeness (QED) is 0.832. The highest BCUT2D eigenvalue weighted by Gasteiger charge is 2.12. The van der Waals surface area contributed by atoms with Gasteiger partial charge in [0.15, 0.2) is 5.82 Å². The minimum Gasteiger partial charge on any atom is -0.392 e. The molecule has 0 spiro atoms. The number of pyridine rings is 1. The van der Waals surface area contributed by atoms with E-state index in [1.54, 1.807) is 10.9 Å². The fourth-order valence-corrected chi connectivity index (χ4v) is 1.67. The van der Waals surface area contributed by atoms with Crippen LogP contribution < -0.4 is 0 Å². The van der Waals surface area contributed by atoms with Gasteiger partial charge in [-0.25, -0.2) is 9.67 Å². The van der Waals surface area contributed by atoms with Crippen LogP contribution in [0.15, 0.2) is 18.3 Å². The average molecular weight is 217 g/mol. The molecule has 0 saturated heterocycles. The fraction of sp³-hybridized carbons (Fsp3) is 0.333. The van der Waals surface area contributed by atoms with Crippen LogP contribution in [0, 0.1) is 20.8 Å². The molecule has 0 atom stereocenters. The zero-order valence-electron chi connectivity index (χ0n) is 9.73. The first-order chi connectivity index (χ1) is 7.65. The van der Waals surface area contributed by atoms with Gasteiger partial charge in [-0.05, 0) is 32.4 Å². The third kappa shape index (κ3) is 1.61. The summed E-state index contributed by atoms with van der Waals surface area (Å²) in [4.78, 5) is 4.28. The van der Waals surface area contributed by atoms with Crippen LogP contribution in [-0.2, 0) is 6.61 Å². The Balaban J connectivity index is 2.63. The molecule has 0 fully saturated rings. The molecule has 0 bridgehead atoms. The normalized spacial score (nSPS) is 10.8. The molecule has 2 rings (SSSR count). The first kappa shape index (κ1) is 10.8. The van der Waals surface area contributed by atoms with Crippen molar-refractivity contribution in [1.29, 1.82) is 0 Å². The van der Waals surface area contributed by atoms with E-state index >= 15 is 0 Å². The molecule has 2 aromatic heterocycles. The third-order valence-corrected chi connectivity index (χ3v) is 2.89. The van der Waals surface area contributed by atoms with Crippen LogP contribution in [0.3, 0.4) is 0 Å². The molecule has 1 N–H and O–H groups in total. The zero-order valence-corrected chi connectivity index (χ0v) is 9.73. The first-order valence-corrected chi connectivity index (χ1v) is 5.23. The summed E-state index contributed by atoms with van der Waals surface area (Å²) in [7, 11) is 0. The summed E-state index contributed by atoms with van der Waals surface area (Å²) >= 11 is 0. The first-order valence-electron chi connectivity index (χ1n) is 5.23. The van der Waals surface area contributed by atoms with Crippen molar-refractivity contribution in [3.05, 3.63) is 40.8 Å². The van der Waals surface area contributed by atoms with E-state index < -0.39 is 0 Å². The Morgan fingerprint density at radius 2 is 2.06 bits per heavy atom. The van der Waals surface area contributed by atoms with Crippen LogP contribution in [0.2, 0.25) is 0 Å². The molecule has 16 heavy (non-hydrogen) atoms. The Morgan fingerprint density at radius 1 is 1.31 bits per heavy atom. The van der Waals surface area contributed by atoms with Gasteiger partial charge in [0.2, 0.25) is 0 Å². The predicted octanol–water partition coefficient (Wildman–Crippen LogP) is 1.68. The highest BCUT2D eigenvalue weighted by atomic mass is 16.3. The van der Waals surface area contributed by atoms with Crippen LogP contribution in [0.1, 0.15) is 22.5 Å². The maximum atomic E-state index is 9.27. The van der Waals surface area contributed by atoms with Gasteiger partial charge < -0.3 is 5.11 Å². The molecule has 0 radical (unpaired) electrons. The molecule has 0 aromatic carbocycles. The van der Waals surface area contributed by atoms with Crippen LogP contribution in [0.25, 0.3) is 5.82 Å². The molecular weight excluding hydrogens is 202 g/mol. The van der Waals surface area contributed by atoms with Gasteiger partial charge in [-0.3, -0.25) is 0 Å². The molecular formula is C12H15N3O. The lowest BCUT2D eigenvalue weighted by Crippen LogP contribution is -2.06. The molecule has 0 aliphatic rings. The van der Waals surface area contributed by atoms with E-state index in [0.717, 1.165) is 22.5 Å². The molecule has 0 amide bonds. The third-order valence-electron chi connectivity index (χ3n) is 2.89. The van der Waals surface area contributed by atoms with E-state index in [-0.39, 0.29) is 6.61 Å². The Labute approximate surface area is 94.6 Å². The van der Waals surface area contributed by atoms with E-state index in [0.29, 0.717) is 5.82 Å². The summed E-state index contributed by atoms with van der Waals surface area (Å²) in [6.07, 6.45) is 1.71. The Morgan fingerprint density at radius 3 is 2.62 bits per heavy atom. The number of aromatic nitrogens is 3. The Kier molecular flexibility index (Phi) is 2.75. The van der Waals surface area contributed by atoms with Crippen molar-refractivity contribution in [1.82, 2.24) is 14.8 Å². The van der Waals surface area contributed by atoms with Crippen molar-refractivity contribution < 1.29 is 5.11 Å². The highest BCUT2D eigenvalue weighted by Crippen LogP contribution is 2.17. The van der Waals surface area contributed by atoms with Gasteiger partial charge in [0.1, 0.15) is 0 Å². The monoisotopic (exact) mass is 217 g/mol. The SMILES string of the molecule is Cc1nn(-c2ncccc2CO)c(C)c1C. The second kappa shape index (κ2) is 4.06. The number of aryl methyl sites for hydroxylation is 1. The smallest absolute Gasteiger partial charge is 0.159 e. The summed E-state index contributed by atoms with van der Waals surface area (Å²) in [5.74, 6) is 0.707. The number of rotatable bonds is 2. The van der Waals surface area contributed by atoms with Gasteiger partial charge >= 0.3 is 0 Å². The van der Waals surface area contributed by atoms with E-state index in [1.807, 2.05) is 32.9 Å². The van der Waals surface area contributed by atoms with Crippen LogP contribution in [0.4, 0.5) is 0 Å². The Bertz CT molecular complexity index is 517. The molecule has 4 nitrogen and oxygen atoms in total. The number of hydrogen-bond donors (Lipinski definition) is 1. The van der Waals surface area contributed by atoms with Crippen LogP contribution in [0.5, 0.6) is 0 Å². The number of aliphatic hydroxyl groups excluding tert-OH is 1. The number of nitrogens with zero attached hydrogens (tertiary/aromatic N) is 3. The lowest BCUT2D eigenvalue weighted by Gasteiger charge is -2.07. The van der Waals surface area contributed by atoms with Gasteiger partial charge in [-0.2, -0.15) is 5.10 Å². The molecule has 2 heterocycles. The van der Waals surface area contributed by atoms with Gasteiger partial charge in [-0.15, -0.1) is 0 Å². The second-order valence-electron chi connectivity index (χ2n) is 3.85. The summed E-state index contributed by atoms with van der Waals surface area (Å²) in [6, 6.07) is 3.67. The van der Waals surface area contributed by atoms with E-state index in [2.05, 4.69) is 10.1 Å². The minimum absolute atomic E-state index is 0.0272. The molecule has 0 aliphatic carbocycles. The van der Waals surface area contributed by atoms with Crippen molar-refractivity contribution in [2.45, 2.75) is 27.4 Å².